The van der Waals surface area contributed by atoms with Crippen LogP contribution in [-0.2, 0) is 4.74 Å². The molecule has 0 spiro atoms. The van der Waals surface area contributed by atoms with Crippen LogP contribution in [0.3, 0.4) is 0 Å². The molecule has 0 aliphatic rings. The van der Waals surface area contributed by atoms with Gasteiger partial charge in [0, 0.05) is 11.5 Å². The van der Waals surface area contributed by atoms with Gasteiger partial charge < -0.3 is 34.3 Å². The summed E-state index contributed by atoms with van der Waals surface area (Å²) in [6.07, 6.45) is -5.72. The summed E-state index contributed by atoms with van der Waals surface area (Å²) in [6.45, 7) is 0.848. The number of aliphatic hydroxyl groups excluding tert-OH is 3. The fourth-order valence-corrected chi connectivity index (χ4v) is 2.71. The number of ether oxygens (including phenoxy) is 2. The highest BCUT2D eigenvalue weighted by atomic mass is 16.7. The molecule has 0 saturated carbocycles. The number of aliphatic hydroxyl groups is 4. The average molecular weight is 376 g/mol. The predicted molar refractivity (Wildman–Crippen MR) is 96.3 cm³/mol. The third kappa shape index (κ3) is 4.10. The Balaban J connectivity index is 1.94. The fraction of sp³-hybridized carbons (Fsp3) is 0.316. The van der Waals surface area contributed by atoms with E-state index >= 15 is 0 Å². The Labute approximate surface area is 153 Å². The molecule has 144 valence electrons. The Bertz CT molecular complexity index is 978. The van der Waals surface area contributed by atoms with Crippen molar-refractivity contribution in [1.29, 1.82) is 0 Å². The summed E-state index contributed by atoms with van der Waals surface area (Å²) in [7, 11) is 0. The van der Waals surface area contributed by atoms with Gasteiger partial charge in [-0.1, -0.05) is 18.2 Å². The molecule has 0 aliphatic carbocycles. The molecule has 0 aliphatic heterocycles. The number of hydrogen-bond acceptors (Lipinski definition) is 8. The maximum atomic E-state index is 12.1. The van der Waals surface area contributed by atoms with Crippen LogP contribution in [0.2, 0.25) is 0 Å². The lowest BCUT2D eigenvalue weighted by molar-refractivity contribution is -0.250. The second kappa shape index (κ2) is 8.03. The first kappa shape index (κ1) is 19.3. The fourth-order valence-electron chi connectivity index (χ4n) is 2.71. The minimum atomic E-state index is -2.03. The lowest BCUT2D eigenvalue weighted by Crippen LogP contribution is -2.42. The standard InChI is InChI=1S/C19H20O8/c1-10(21)16(9-20)27-19(17(22)23)25-11-6-7-13-12-4-2-3-5-14(12)18(24)26-15(13)8-11/h2-8,10,16-17,19-23H,9H2,1H3. The van der Waals surface area contributed by atoms with Gasteiger partial charge in [0.2, 0.25) is 6.29 Å². The highest BCUT2D eigenvalue weighted by molar-refractivity contribution is 6.04. The second-order valence-corrected chi connectivity index (χ2v) is 6.09. The first-order valence-corrected chi connectivity index (χ1v) is 8.33. The molecular weight excluding hydrogens is 356 g/mol. The van der Waals surface area contributed by atoms with Crippen molar-refractivity contribution in [1.82, 2.24) is 0 Å². The summed E-state index contributed by atoms with van der Waals surface area (Å²) in [5.74, 6) is 0.154. The van der Waals surface area contributed by atoms with Crippen molar-refractivity contribution in [2.45, 2.75) is 31.7 Å². The summed E-state index contributed by atoms with van der Waals surface area (Å²) in [5.41, 5.74) is -0.240. The van der Waals surface area contributed by atoms with Gasteiger partial charge in [0.1, 0.15) is 17.4 Å². The molecular formula is C19H20O8. The van der Waals surface area contributed by atoms with Crippen molar-refractivity contribution < 1.29 is 34.3 Å². The summed E-state index contributed by atoms with van der Waals surface area (Å²) in [5, 5.41) is 39.5. The zero-order valence-electron chi connectivity index (χ0n) is 14.5. The molecule has 4 N–H and O–H groups in total. The van der Waals surface area contributed by atoms with Crippen LogP contribution < -0.4 is 10.4 Å². The van der Waals surface area contributed by atoms with E-state index in [0.29, 0.717) is 10.8 Å². The van der Waals surface area contributed by atoms with Crippen LogP contribution in [0.1, 0.15) is 6.92 Å². The summed E-state index contributed by atoms with van der Waals surface area (Å²) >= 11 is 0. The minimum Gasteiger partial charge on any atom is -0.459 e. The zero-order chi connectivity index (χ0) is 19.6. The van der Waals surface area contributed by atoms with E-state index in [9.17, 15) is 25.2 Å². The minimum absolute atomic E-state index is 0.154. The van der Waals surface area contributed by atoms with Gasteiger partial charge in [-0.05, 0) is 30.5 Å². The summed E-state index contributed by atoms with van der Waals surface area (Å²) in [4.78, 5) is 12.1. The van der Waals surface area contributed by atoms with Crippen LogP contribution in [0.25, 0.3) is 21.7 Å². The molecule has 27 heavy (non-hydrogen) atoms. The van der Waals surface area contributed by atoms with E-state index < -0.39 is 37.0 Å². The van der Waals surface area contributed by atoms with Gasteiger partial charge in [0.05, 0.1) is 18.1 Å². The van der Waals surface area contributed by atoms with E-state index in [-0.39, 0.29) is 11.3 Å². The van der Waals surface area contributed by atoms with Gasteiger partial charge in [-0.15, -0.1) is 0 Å². The van der Waals surface area contributed by atoms with E-state index in [1.54, 1.807) is 30.3 Å². The molecule has 3 rings (SSSR count). The largest absolute Gasteiger partial charge is 0.459 e. The van der Waals surface area contributed by atoms with Crippen molar-refractivity contribution >= 4 is 21.7 Å². The molecule has 0 bridgehead atoms. The van der Waals surface area contributed by atoms with Crippen molar-refractivity contribution in [2.24, 2.45) is 0 Å². The molecule has 8 nitrogen and oxygen atoms in total. The van der Waals surface area contributed by atoms with Crippen LogP contribution in [0.5, 0.6) is 5.75 Å². The van der Waals surface area contributed by atoms with E-state index in [0.717, 1.165) is 5.39 Å². The molecule has 1 heterocycles. The Morgan fingerprint density at radius 1 is 1.04 bits per heavy atom. The predicted octanol–water partition coefficient (Wildman–Crippen LogP) is 0.720. The molecule has 0 amide bonds. The topological polar surface area (TPSA) is 130 Å². The third-order valence-electron chi connectivity index (χ3n) is 4.12. The molecule has 3 unspecified atom stereocenters. The smallest absolute Gasteiger partial charge is 0.344 e. The molecule has 0 saturated heterocycles. The van der Waals surface area contributed by atoms with E-state index in [4.69, 9.17) is 13.9 Å². The number of fused-ring (bicyclic) bond motifs is 3. The molecule has 3 aromatic rings. The van der Waals surface area contributed by atoms with Crippen molar-refractivity contribution in [3.8, 4) is 5.75 Å². The highest BCUT2D eigenvalue weighted by Gasteiger charge is 2.26. The molecule has 1 aromatic heterocycles. The van der Waals surface area contributed by atoms with E-state index in [1.165, 1.54) is 13.0 Å². The molecule has 8 heteroatoms. The Kier molecular flexibility index (Phi) is 5.73. The lowest BCUT2D eigenvalue weighted by atomic mass is 10.1. The van der Waals surface area contributed by atoms with Crippen LogP contribution in [-0.4, -0.2) is 51.8 Å². The maximum Gasteiger partial charge on any atom is 0.344 e. The van der Waals surface area contributed by atoms with Crippen LogP contribution in [0.4, 0.5) is 0 Å². The van der Waals surface area contributed by atoms with Crippen molar-refractivity contribution in [2.75, 3.05) is 6.61 Å². The quantitative estimate of drug-likeness (QED) is 0.270. The van der Waals surface area contributed by atoms with E-state index in [2.05, 4.69) is 0 Å². The first-order chi connectivity index (χ1) is 12.9. The number of rotatable bonds is 7. The first-order valence-electron chi connectivity index (χ1n) is 8.33. The third-order valence-corrected chi connectivity index (χ3v) is 4.12. The Hall–Kier alpha value is -2.49. The summed E-state index contributed by atoms with van der Waals surface area (Å²) < 4.78 is 15.9. The van der Waals surface area contributed by atoms with Gasteiger partial charge in [0.25, 0.3) is 6.29 Å². The number of hydrogen-bond donors (Lipinski definition) is 4. The normalized spacial score (nSPS) is 15.2. The SMILES string of the molecule is CC(O)C(CO)OC(Oc1ccc2c(c1)oc(=O)c1ccccc12)C(O)O. The molecule has 0 radical (unpaired) electrons. The Morgan fingerprint density at radius 3 is 2.37 bits per heavy atom. The van der Waals surface area contributed by atoms with Crippen LogP contribution in [0, 0.1) is 0 Å². The number of benzene rings is 2. The van der Waals surface area contributed by atoms with Gasteiger partial charge in [0.15, 0.2) is 0 Å². The Morgan fingerprint density at radius 2 is 1.74 bits per heavy atom. The lowest BCUT2D eigenvalue weighted by Gasteiger charge is -2.26. The van der Waals surface area contributed by atoms with Crippen LogP contribution >= 0.6 is 0 Å². The van der Waals surface area contributed by atoms with Gasteiger partial charge in [-0.3, -0.25) is 0 Å². The van der Waals surface area contributed by atoms with Crippen molar-refractivity contribution in [3.63, 3.8) is 0 Å². The van der Waals surface area contributed by atoms with Crippen molar-refractivity contribution in [3.05, 3.63) is 52.9 Å². The monoisotopic (exact) mass is 376 g/mol. The highest BCUT2D eigenvalue weighted by Crippen LogP contribution is 2.27. The van der Waals surface area contributed by atoms with Crippen LogP contribution in [0.15, 0.2) is 51.7 Å². The van der Waals surface area contributed by atoms with Gasteiger partial charge in [-0.2, -0.15) is 0 Å². The maximum absolute atomic E-state index is 12.1. The molecule has 0 fully saturated rings. The second-order valence-electron chi connectivity index (χ2n) is 6.09. The zero-order valence-corrected chi connectivity index (χ0v) is 14.5. The van der Waals surface area contributed by atoms with Gasteiger partial charge in [-0.25, -0.2) is 4.79 Å². The molecule has 2 aromatic carbocycles. The van der Waals surface area contributed by atoms with Gasteiger partial charge >= 0.3 is 5.63 Å². The molecule has 3 atom stereocenters. The van der Waals surface area contributed by atoms with E-state index in [1.807, 2.05) is 6.07 Å². The average Bonchev–Trinajstić information content (AvgIpc) is 2.64. The summed E-state index contributed by atoms with van der Waals surface area (Å²) in [6, 6.07) is 11.7.